The SMILES string of the molecule is Cc1cccc(CBr)c1C(=O)CCCl. The van der Waals surface area contributed by atoms with E-state index >= 15 is 0 Å². The minimum absolute atomic E-state index is 0.132. The first-order valence-corrected chi connectivity index (χ1v) is 6.10. The largest absolute Gasteiger partial charge is 0.294 e. The number of carbonyl (C=O) groups excluding carboxylic acids is 1. The Balaban J connectivity index is 3.10. The highest BCUT2D eigenvalue weighted by atomic mass is 79.9. The zero-order chi connectivity index (χ0) is 10.6. The van der Waals surface area contributed by atoms with Crippen LogP contribution in [-0.4, -0.2) is 11.7 Å². The van der Waals surface area contributed by atoms with Crippen LogP contribution in [0.25, 0.3) is 0 Å². The molecule has 0 aromatic heterocycles. The van der Waals surface area contributed by atoms with Crippen LogP contribution in [0.1, 0.15) is 27.9 Å². The molecule has 0 bridgehead atoms. The van der Waals surface area contributed by atoms with Crippen molar-refractivity contribution < 1.29 is 4.79 Å². The molecule has 0 fully saturated rings. The lowest BCUT2D eigenvalue weighted by molar-refractivity contribution is 0.0988. The van der Waals surface area contributed by atoms with Crippen LogP contribution >= 0.6 is 27.5 Å². The molecular weight excluding hydrogens is 263 g/mol. The van der Waals surface area contributed by atoms with E-state index in [1.165, 1.54) is 0 Å². The third-order valence-corrected chi connectivity index (χ3v) is 2.90. The fourth-order valence-corrected chi connectivity index (χ4v) is 2.09. The molecular formula is C11H12BrClO. The van der Waals surface area contributed by atoms with Crippen molar-refractivity contribution in [3.63, 3.8) is 0 Å². The third kappa shape index (κ3) is 2.58. The minimum atomic E-state index is 0.132. The van der Waals surface area contributed by atoms with E-state index in [9.17, 15) is 4.79 Å². The molecule has 0 unspecified atom stereocenters. The van der Waals surface area contributed by atoms with Crippen LogP contribution in [0, 0.1) is 6.92 Å². The fourth-order valence-electron chi connectivity index (χ4n) is 1.45. The summed E-state index contributed by atoms with van der Waals surface area (Å²) in [4.78, 5) is 11.7. The lowest BCUT2D eigenvalue weighted by Crippen LogP contribution is -2.06. The summed E-state index contributed by atoms with van der Waals surface area (Å²) in [5.74, 6) is 0.516. The average Bonchev–Trinajstić information content (AvgIpc) is 2.17. The van der Waals surface area contributed by atoms with E-state index in [2.05, 4.69) is 15.9 Å². The molecule has 0 heterocycles. The van der Waals surface area contributed by atoms with Gasteiger partial charge in [-0.05, 0) is 18.1 Å². The van der Waals surface area contributed by atoms with E-state index < -0.39 is 0 Å². The van der Waals surface area contributed by atoms with Gasteiger partial charge in [-0.1, -0.05) is 34.1 Å². The number of halogens is 2. The monoisotopic (exact) mass is 274 g/mol. The molecule has 0 aliphatic heterocycles. The summed E-state index contributed by atoms with van der Waals surface area (Å²) in [6.07, 6.45) is 0.409. The molecule has 1 aromatic carbocycles. The number of Topliss-reactive ketones (excluding diaryl/α,β-unsaturated/α-hetero) is 1. The van der Waals surface area contributed by atoms with E-state index in [0.717, 1.165) is 16.7 Å². The quantitative estimate of drug-likeness (QED) is 0.605. The molecule has 14 heavy (non-hydrogen) atoms. The van der Waals surface area contributed by atoms with Gasteiger partial charge in [0.05, 0.1) is 0 Å². The van der Waals surface area contributed by atoms with Gasteiger partial charge in [-0.3, -0.25) is 4.79 Å². The number of aryl methyl sites for hydroxylation is 1. The molecule has 0 aliphatic rings. The summed E-state index contributed by atoms with van der Waals surface area (Å²) in [7, 11) is 0. The maximum absolute atomic E-state index is 11.7. The standard InChI is InChI=1S/C11H12BrClO/c1-8-3-2-4-9(7-12)11(8)10(14)5-6-13/h2-4H,5-7H2,1H3. The van der Waals surface area contributed by atoms with Gasteiger partial charge >= 0.3 is 0 Å². The molecule has 0 aliphatic carbocycles. The average molecular weight is 276 g/mol. The van der Waals surface area contributed by atoms with Crippen molar-refractivity contribution in [1.29, 1.82) is 0 Å². The first kappa shape index (κ1) is 11.7. The third-order valence-electron chi connectivity index (χ3n) is 2.10. The first-order valence-electron chi connectivity index (χ1n) is 4.44. The first-order chi connectivity index (χ1) is 6.70. The van der Waals surface area contributed by atoms with E-state index in [1.807, 2.05) is 25.1 Å². The number of ketones is 1. The van der Waals surface area contributed by atoms with Crippen molar-refractivity contribution in [3.8, 4) is 0 Å². The maximum Gasteiger partial charge on any atom is 0.164 e. The Morgan fingerprint density at radius 1 is 1.50 bits per heavy atom. The highest BCUT2D eigenvalue weighted by Gasteiger charge is 2.12. The van der Waals surface area contributed by atoms with E-state index in [-0.39, 0.29) is 5.78 Å². The van der Waals surface area contributed by atoms with Crippen molar-refractivity contribution in [2.45, 2.75) is 18.7 Å². The Bertz CT molecular complexity index is 336. The number of hydrogen-bond acceptors (Lipinski definition) is 1. The highest BCUT2D eigenvalue weighted by Crippen LogP contribution is 2.19. The number of alkyl halides is 2. The molecule has 3 heteroatoms. The van der Waals surface area contributed by atoms with Crippen molar-refractivity contribution in [3.05, 3.63) is 34.9 Å². The zero-order valence-electron chi connectivity index (χ0n) is 8.02. The number of benzene rings is 1. The molecule has 0 radical (unpaired) electrons. The second-order valence-corrected chi connectivity index (χ2v) is 4.04. The summed E-state index contributed by atoms with van der Waals surface area (Å²) < 4.78 is 0. The molecule has 0 N–H and O–H groups in total. The normalized spacial score (nSPS) is 10.2. The van der Waals surface area contributed by atoms with Crippen LogP contribution in [0.3, 0.4) is 0 Å². The Kier molecular flexibility index (Phi) is 4.63. The molecule has 0 atom stereocenters. The summed E-state index contributed by atoms with van der Waals surface area (Å²) in [6.45, 7) is 1.95. The summed E-state index contributed by atoms with van der Waals surface area (Å²) in [6, 6.07) is 5.88. The Hall–Kier alpha value is -0.340. The molecule has 0 amide bonds. The van der Waals surface area contributed by atoms with Crippen molar-refractivity contribution in [1.82, 2.24) is 0 Å². The van der Waals surface area contributed by atoms with Crippen molar-refractivity contribution in [2.75, 3.05) is 5.88 Å². The van der Waals surface area contributed by atoms with Crippen LogP contribution < -0.4 is 0 Å². The second kappa shape index (κ2) is 5.52. The van der Waals surface area contributed by atoms with Gasteiger partial charge in [0.1, 0.15) is 0 Å². The molecule has 0 saturated heterocycles. The topological polar surface area (TPSA) is 17.1 Å². The summed E-state index contributed by atoms with van der Waals surface area (Å²) in [5.41, 5.74) is 2.89. The van der Waals surface area contributed by atoms with Gasteiger partial charge in [0, 0.05) is 23.2 Å². The number of carbonyl (C=O) groups is 1. The second-order valence-electron chi connectivity index (χ2n) is 3.10. The van der Waals surface area contributed by atoms with Gasteiger partial charge in [0.25, 0.3) is 0 Å². The van der Waals surface area contributed by atoms with Gasteiger partial charge in [-0.25, -0.2) is 0 Å². The van der Waals surface area contributed by atoms with Gasteiger partial charge in [-0.15, -0.1) is 11.6 Å². The molecule has 1 aromatic rings. The Morgan fingerprint density at radius 3 is 2.79 bits per heavy atom. The lowest BCUT2D eigenvalue weighted by atomic mass is 9.98. The van der Waals surface area contributed by atoms with Gasteiger partial charge in [-0.2, -0.15) is 0 Å². The van der Waals surface area contributed by atoms with E-state index in [4.69, 9.17) is 11.6 Å². The molecule has 1 nitrogen and oxygen atoms in total. The minimum Gasteiger partial charge on any atom is -0.294 e. The van der Waals surface area contributed by atoms with Gasteiger partial charge < -0.3 is 0 Å². The van der Waals surface area contributed by atoms with Gasteiger partial charge in [0.2, 0.25) is 0 Å². The van der Waals surface area contributed by atoms with E-state index in [1.54, 1.807) is 0 Å². The fraction of sp³-hybridized carbons (Fsp3) is 0.364. The molecule has 0 saturated carbocycles. The predicted octanol–water partition coefficient (Wildman–Crippen LogP) is 3.70. The smallest absolute Gasteiger partial charge is 0.164 e. The lowest BCUT2D eigenvalue weighted by Gasteiger charge is -2.08. The Labute approximate surface area is 97.6 Å². The Morgan fingerprint density at radius 2 is 2.21 bits per heavy atom. The summed E-state index contributed by atoms with van der Waals surface area (Å²) >= 11 is 8.94. The maximum atomic E-state index is 11.7. The molecule has 0 spiro atoms. The summed E-state index contributed by atoms with van der Waals surface area (Å²) in [5, 5.41) is 0.706. The van der Waals surface area contributed by atoms with Crippen molar-refractivity contribution >= 4 is 33.3 Å². The van der Waals surface area contributed by atoms with Crippen LogP contribution in [-0.2, 0) is 5.33 Å². The van der Waals surface area contributed by atoms with Gasteiger partial charge in [0.15, 0.2) is 5.78 Å². The zero-order valence-corrected chi connectivity index (χ0v) is 10.4. The van der Waals surface area contributed by atoms with Crippen LogP contribution in [0.2, 0.25) is 0 Å². The molecule has 76 valence electrons. The van der Waals surface area contributed by atoms with Crippen LogP contribution in [0.5, 0.6) is 0 Å². The van der Waals surface area contributed by atoms with Crippen LogP contribution in [0.15, 0.2) is 18.2 Å². The molecule has 1 rings (SSSR count). The van der Waals surface area contributed by atoms with E-state index in [0.29, 0.717) is 17.6 Å². The highest BCUT2D eigenvalue weighted by molar-refractivity contribution is 9.08. The van der Waals surface area contributed by atoms with Crippen LogP contribution in [0.4, 0.5) is 0 Å². The van der Waals surface area contributed by atoms with Crippen molar-refractivity contribution in [2.24, 2.45) is 0 Å². The predicted molar refractivity (Wildman–Crippen MR) is 63.5 cm³/mol. The number of rotatable bonds is 4. The number of hydrogen-bond donors (Lipinski definition) is 0.